The number of hydrogen-bond donors (Lipinski definition) is 0. The molecule has 0 aliphatic carbocycles. The van der Waals surface area contributed by atoms with Crippen LogP contribution in [0.15, 0.2) is 12.7 Å². The van der Waals surface area contributed by atoms with E-state index in [-0.39, 0.29) is 5.97 Å². The highest BCUT2D eigenvalue weighted by Gasteiger charge is 2.05. The smallest absolute Gasteiger partial charge is 0.302 e. The van der Waals surface area contributed by atoms with Crippen LogP contribution in [0, 0.1) is 11.8 Å². The fourth-order valence-corrected chi connectivity index (χ4v) is 1.25. The predicted octanol–water partition coefficient (Wildman–Crippen LogP) is 3.18. The normalized spacial score (nSPS) is 14.5. The molecule has 0 spiro atoms. The van der Waals surface area contributed by atoms with Crippen molar-refractivity contribution in [1.29, 1.82) is 0 Å². The average molecular weight is 198 g/mol. The first-order valence-electron chi connectivity index (χ1n) is 5.32. The van der Waals surface area contributed by atoms with Crippen molar-refractivity contribution in [2.45, 2.75) is 40.0 Å². The number of hydrogen-bond acceptors (Lipinski definition) is 2. The summed E-state index contributed by atoms with van der Waals surface area (Å²) in [6.45, 7) is 10.0. The molecule has 0 saturated carbocycles. The van der Waals surface area contributed by atoms with Crippen LogP contribution in [0.25, 0.3) is 0 Å². The third-order valence-electron chi connectivity index (χ3n) is 2.33. The number of allylic oxidation sites excluding steroid dienone is 1. The van der Waals surface area contributed by atoms with Crippen LogP contribution >= 0.6 is 0 Å². The Balaban J connectivity index is 3.39. The van der Waals surface area contributed by atoms with Crippen molar-refractivity contribution in [2.24, 2.45) is 11.8 Å². The van der Waals surface area contributed by atoms with Gasteiger partial charge in [0.15, 0.2) is 0 Å². The lowest BCUT2D eigenvalue weighted by molar-refractivity contribution is -0.142. The van der Waals surface area contributed by atoms with Crippen molar-refractivity contribution in [2.75, 3.05) is 6.61 Å². The number of carbonyl (C=O) groups excluding carboxylic acids is 1. The van der Waals surface area contributed by atoms with Gasteiger partial charge < -0.3 is 4.74 Å². The molecule has 0 aliphatic heterocycles. The molecule has 2 atom stereocenters. The zero-order valence-corrected chi connectivity index (χ0v) is 9.58. The average Bonchev–Trinajstić information content (AvgIpc) is 2.14. The maximum atomic E-state index is 10.5. The van der Waals surface area contributed by atoms with Crippen molar-refractivity contribution in [1.82, 2.24) is 0 Å². The quantitative estimate of drug-likeness (QED) is 0.464. The summed E-state index contributed by atoms with van der Waals surface area (Å²) in [5.74, 6) is 0.878. The van der Waals surface area contributed by atoms with E-state index >= 15 is 0 Å². The van der Waals surface area contributed by atoms with Crippen molar-refractivity contribution < 1.29 is 9.53 Å². The molecule has 0 radical (unpaired) electrons. The maximum Gasteiger partial charge on any atom is 0.302 e. The molecule has 0 aromatic heterocycles. The Labute approximate surface area is 87.3 Å². The van der Waals surface area contributed by atoms with Crippen LogP contribution in [0.4, 0.5) is 0 Å². The van der Waals surface area contributed by atoms with Crippen molar-refractivity contribution in [3.63, 3.8) is 0 Å². The van der Waals surface area contributed by atoms with Gasteiger partial charge in [-0.05, 0) is 24.7 Å². The molecule has 0 bridgehead atoms. The van der Waals surface area contributed by atoms with Gasteiger partial charge in [-0.2, -0.15) is 0 Å². The molecule has 0 N–H and O–H groups in total. The Hall–Kier alpha value is -0.790. The zero-order valence-electron chi connectivity index (χ0n) is 9.58. The lowest BCUT2D eigenvalue weighted by Crippen LogP contribution is -2.09. The van der Waals surface area contributed by atoms with Crippen molar-refractivity contribution >= 4 is 5.97 Å². The fourth-order valence-electron chi connectivity index (χ4n) is 1.25. The van der Waals surface area contributed by atoms with Crippen molar-refractivity contribution in [3.8, 4) is 0 Å². The van der Waals surface area contributed by atoms with E-state index < -0.39 is 0 Å². The molecule has 14 heavy (non-hydrogen) atoms. The van der Waals surface area contributed by atoms with E-state index in [0.717, 1.165) is 6.42 Å². The summed E-state index contributed by atoms with van der Waals surface area (Å²) < 4.78 is 4.93. The lowest BCUT2D eigenvalue weighted by Gasteiger charge is -2.11. The Kier molecular flexibility index (Phi) is 7.17. The SMILES string of the molecule is C=CC(C)CCCC(C)COC(C)=O. The summed E-state index contributed by atoms with van der Waals surface area (Å²) in [4.78, 5) is 10.5. The van der Waals surface area contributed by atoms with Gasteiger partial charge in [0.1, 0.15) is 0 Å². The summed E-state index contributed by atoms with van der Waals surface area (Å²) >= 11 is 0. The third kappa shape index (κ3) is 7.84. The number of carbonyl (C=O) groups is 1. The van der Waals surface area contributed by atoms with Crippen LogP contribution in [-0.4, -0.2) is 12.6 Å². The van der Waals surface area contributed by atoms with Crippen LogP contribution in [0.5, 0.6) is 0 Å². The van der Waals surface area contributed by atoms with Gasteiger partial charge in [0.25, 0.3) is 0 Å². The Morgan fingerprint density at radius 3 is 2.57 bits per heavy atom. The third-order valence-corrected chi connectivity index (χ3v) is 2.33. The molecule has 0 rings (SSSR count). The molecule has 0 saturated heterocycles. The summed E-state index contributed by atoms with van der Waals surface area (Å²) in [5.41, 5.74) is 0. The minimum absolute atomic E-state index is 0.184. The van der Waals surface area contributed by atoms with E-state index in [1.807, 2.05) is 6.08 Å². The van der Waals surface area contributed by atoms with Crippen molar-refractivity contribution in [3.05, 3.63) is 12.7 Å². The second-order valence-electron chi connectivity index (χ2n) is 4.05. The fraction of sp³-hybridized carbons (Fsp3) is 0.750. The number of esters is 1. The molecular formula is C12H22O2. The van der Waals surface area contributed by atoms with Gasteiger partial charge in [-0.3, -0.25) is 4.79 Å². The molecule has 0 aromatic carbocycles. The molecule has 82 valence electrons. The first-order valence-corrected chi connectivity index (χ1v) is 5.32. The summed E-state index contributed by atoms with van der Waals surface area (Å²) in [6, 6.07) is 0. The van der Waals surface area contributed by atoms with Gasteiger partial charge in [0.2, 0.25) is 0 Å². The van der Waals surface area contributed by atoms with Gasteiger partial charge in [-0.15, -0.1) is 6.58 Å². The largest absolute Gasteiger partial charge is 0.466 e. The highest BCUT2D eigenvalue weighted by Crippen LogP contribution is 2.13. The minimum Gasteiger partial charge on any atom is -0.466 e. The van der Waals surface area contributed by atoms with Gasteiger partial charge in [0.05, 0.1) is 6.61 Å². The van der Waals surface area contributed by atoms with Gasteiger partial charge >= 0.3 is 5.97 Å². The maximum absolute atomic E-state index is 10.5. The summed E-state index contributed by atoms with van der Waals surface area (Å²) in [6.07, 6.45) is 5.45. The summed E-state index contributed by atoms with van der Waals surface area (Å²) in [5, 5.41) is 0. The second kappa shape index (κ2) is 7.60. The molecule has 2 unspecified atom stereocenters. The molecule has 2 nitrogen and oxygen atoms in total. The van der Waals surface area contributed by atoms with Gasteiger partial charge in [-0.25, -0.2) is 0 Å². The van der Waals surface area contributed by atoms with Crippen LogP contribution < -0.4 is 0 Å². The standard InChI is InChI=1S/C12H22O2/c1-5-10(2)7-6-8-11(3)9-14-12(4)13/h5,10-11H,1,6-9H2,2-4H3. The Morgan fingerprint density at radius 1 is 1.43 bits per heavy atom. The van der Waals surface area contributed by atoms with Crippen LogP contribution in [-0.2, 0) is 9.53 Å². The second-order valence-corrected chi connectivity index (χ2v) is 4.05. The van der Waals surface area contributed by atoms with Crippen LogP contribution in [0.3, 0.4) is 0 Å². The number of ether oxygens (including phenoxy) is 1. The zero-order chi connectivity index (χ0) is 11.0. The van der Waals surface area contributed by atoms with E-state index in [0.29, 0.717) is 18.4 Å². The minimum atomic E-state index is -0.184. The van der Waals surface area contributed by atoms with Crippen LogP contribution in [0.1, 0.15) is 40.0 Å². The number of rotatable bonds is 7. The van der Waals surface area contributed by atoms with Crippen LogP contribution in [0.2, 0.25) is 0 Å². The van der Waals surface area contributed by atoms with Gasteiger partial charge in [0, 0.05) is 6.92 Å². The highest BCUT2D eigenvalue weighted by atomic mass is 16.5. The van der Waals surface area contributed by atoms with E-state index in [4.69, 9.17) is 4.74 Å². The molecular weight excluding hydrogens is 176 g/mol. The van der Waals surface area contributed by atoms with E-state index in [1.165, 1.54) is 19.8 Å². The summed E-state index contributed by atoms with van der Waals surface area (Å²) in [7, 11) is 0. The topological polar surface area (TPSA) is 26.3 Å². The monoisotopic (exact) mass is 198 g/mol. The highest BCUT2D eigenvalue weighted by molar-refractivity contribution is 5.65. The predicted molar refractivity (Wildman–Crippen MR) is 59.0 cm³/mol. The molecule has 2 heteroatoms. The lowest BCUT2D eigenvalue weighted by atomic mass is 9.99. The molecule has 0 amide bonds. The molecule has 0 aliphatic rings. The van der Waals surface area contributed by atoms with Gasteiger partial charge in [-0.1, -0.05) is 26.3 Å². The first kappa shape index (κ1) is 13.2. The van der Waals surface area contributed by atoms with E-state index in [2.05, 4.69) is 20.4 Å². The van der Waals surface area contributed by atoms with E-state index in [1.54, 1.807) is 0 Å². The molecule has 0 heterocycles. The first-order chi connectivity index (χ1) is 6.56. The Morgan fingerprint density at radius 2 is 2.07 bits per heavy atom. The molecule has 0 aromatic rings. The molecule has 0 fully saturated rings. The van der Waals surface area contributed by atoms with E-state index in [9.17, 15) is 4.79 Å². The Bertz CT molecular complexity index is 175.